The standard InChI is InChI=1S/C16H29NO6/c1-10(2)8-16(21,11(3)18)15(20)23-9-12-4-6-17(22)7-5-13(19)14(12)17/h10-14,18-19,21H,4-9H2,1-3H3/t11-,12+,13+,14+,16-,17?/m0/s1. The highest BCUT2D eigenvalue weighted by atomic mass is 16.6. The van der Waals surface area contributed by atoms with Crippen LogP contribution in [-0.4, -0.2) is 69.5 Å². The molecule has 7 heteroatoms. The first kappa shape index (κ1) is 18.6. The molecule has 0 aliphatic carbocycles. The molecule has 3 N–H and O–H groups in total. The SMILES string of the molecule is CC(C)C[C@@](O)(C(=O)OC[C@H]1CC[N+]2([O-])CC[C@@H](O)[C@@H]12)[C@H](C)O. The molecule has 0 amide bonds. The molecule has 2 rings (SSSR count). The number of ether oxygens (including phenoxy) is 1. The van der Waals surface area contributed by atoms with Crippen LogP contribution in [0.15, 0.2) is 0 Å². The maximum Gasteiger partial charge on any atom is 0.340 e. The number of carbonyl (C=O) groups excluding carboxylic acids is 1. The van der Waals surface area contributed by atoms with E-state index in [4.69, 9.17) is 4.74 Å². The lowest BCUT2D eigenvalue weighted by Gasteiger charge is -2.40. The molecule has 23 heavy (non-hydrogen) atoms. The molecule has 1 unspecified atom stereocenters. The zero-order chi connectivity index (χ0) is 17.4. The Bertz CT molecular complexity index is 442. The Hall–Kier alpha value is -0.730. The van der Waals surface area contributed by atoms with Crippen LogP contribution in [0.25, 0.3) is 0 Å². The number of nitrogens with zero attached hydrogens (tertiary/aromatic N) is 1. The third-order valence-electron chi connectivity index (χ3n) is 5.29. The van der Waals surface area contributed by atoms with Gasteiger partial charge in [0.1, 0.15) is 18.8 Å². The smallest absolute Gasteiger partial charge is 0.340 e. The summed E-state index contributed by atoms with van der Waals surface area (Å²) in [6.07, 6.45) is -0.737. The fourth-order valence-electron chi connectivity index (χ4n) is 4.04. The van der Waals surface area contributed by atoms with Crippen LogP contribution in [0.4, 0.5) is 0 Å². The van der Waals surface area contributed by atoms with Crippen LogP contribution in [0.5, 0.6) is 0 Å². The average molecular weight is 331 g/mol. The van der Waals surface area contributed by atoms with E-state index in [9.17, 15) is 25.3 Å². The molecular formula is C16H29NO6. The molecule has 2 aliphatic heterocycles. The van der Waals surface area contributed by atoms with Crippen molar-refractivity contribution in [2.45, 2.75) is 63.9 Å². The first-order valence-corrected chi connectivity index (χ1v) is 8.43. The fourth-order valence-corrected chi connectivity index (χ4v) is 4.04. The van der Waals surface area contributed by atoms with Crippen molar-refractivity contribution in [3.8, 4) is 0 Å². The van der Waals surface area contributed by atoms with Gasteiger partial charge in [0.05, 0.1) is 25.1 Å². The Morgan fingerprint density at radius 1 is 1.35 bits per heavy atom. The van der Waals surface area contributed by atoms with Gasteiger partial charge in [0.2, 0.25) is 0 Å². The van der Waals surface area contributed by atoms with Crippen molar-refractivity contribution in [3.63, 3.8) is 0 Å². The van der Waals surface area contributed by atoms with Gasteiger partial charge in [-0.2, -0.15) is 0 Å². The van der Waals surface area contributed by atoms with Gasteiger partial charge in [-0.25, -0.2) is 4.79 Å². The maximum absolute atomic E-state index is 12.5. The van der Waals surface area contributed by atoms with Crippen LogP contribution in [0.2, 0.25) is 0 Å². The van der Waals surface area contributed by atoms with Crippen LogP contribution in [0.3, 0.4) is 0 Å². The first-order chi connectivity index (χ1) is 10.6. The normalized spacial score (nSPS) is 37.5. The molecule has 2 heterocycles. The zero-order valence-corrected chi connectivity index (χ0v) is 14.1. The number of hydrogen-bond acceptors (Lipinski definition) is 6. The Balaban J connectivity index is 1.98. The first-order valence-electron chi connectivity index (χ1n) is 8.43. The summed E-state index contributed by atoms with van der Waals surface area (Å²) >= 11 is 0. The molecule has 0 spiro atoms. The third kappa shape index (κ3) is 3.53. The molecule has 2 fully saturated rings. The van der Waals surface area contributed by atoms with Crippen LogP contribution in [-0.2, 0) is 9.53 Å². The summed E-state index contributed by atoms with van der Waals surface area (Å²) in [7, 11) is 0. The van der Waals surface area contributed by atoms with Gasteiger partial charge in [0.15, 0.2) is 5.60 Å². The Morgan fingerprint density at radius 3 is 2.52 bits per heavy atom. The number of hydroxylamine groups is 3. The van der Waals surface area contributed by atoms with Gasteiger partial charge in [-0.15, -0.1) is 0 Å². The molecule has 7 nitrogen and oxygen atoms in total. The molecule has 134 valence electrons. The molecule has 0 aromatic carbocycles. The number of aliphatic hydroxyl groups excluding tert-OH is 2. The lowest BCUT2D eigenvalue weighted by molar-refractivity contribution is -0.883. The van der Waals surface area contributed by atoms with E-state index in [2.05, 4.69) is 0 Å². The van der Waals surface area contributed by atoms with Crippen molar-refractivity contribution in [1.29, 1.82) is 0 Å². The molecule has 0 aromatic rings. The highest BCUT2D eigenvalue weighted by Gasteiger charge is 2.52. The minimum Gasteiger partial charge on any atom is -0.633 e. The number of esters is 1. The van der Waals surface area contributed by atoms with E-state index in [0.717, 1.165) is 0 Å². The highest BCUT2D eigenvalue weighted by molar-refractivity contribution is 5.80. The number of fused-ring (bicyclic) bond motifs is 1. The molecule has 6 atom stereocenters. The molecule has 2 saturated heterocycles. The predicted octanol–water partition coefficient (Wildman–Crippen LogP) is 0.155. The number of quaternary nitrogens is 1. The van der Waals surface area contributed by atoms with E-state index in [0.29, 0.717) is 25.9 Å². The van der Waals surface area contributed by atoms with Gasteiger partial charge in [0, 0.05) is 12.8 Å². The minimum absolute atomic E-state index is 0.00404. The monoisotopic (exact) mass is 331 g/mol. The molecule has 0 saturated carbocycles. The predicted molar refractivity (Wildman–Crippen MR) is 82.9 cm³/mol. The highest BCUT2D eigenvalue weighted by Crippen LogP contribution is 2.39. The molecular weight excluding hydrogens is 302 g/mol. The van der Waals surface area contributed by atoms with E-state index in [1.54, 1.807) is 0 Å². The van der Waals surface area contributed by atoms with E-state index < -0.39 is 34.5 Å². The zero-order valence-electron chi connectivity index (χ0n) is 14.1. The Labute approximate surface area is 137 Å². The van der Waals surface area contributed by atoms with Crippen molar-refractivity contribution in [2.24, 2.45) is 11.8 Å². The van der Waals surface area contributed by atoms with Crippen molar-refractivity contribution in [1.82, 2.24) is 0 Å². The van der Waals surface area contributed by atoms with E-state index in [-0.39, 0.29) is 24.9 Å². The van der Waals surface area contributed by atoms with Gasteiger partial charge in [0.25, 0.3) is 0 Å². The van der Waals surface area contributed by atoms with Gasteiger partial charge < -0.3 is 29.9 Å². The summed E-state index contributed by atoms with van der Waals surface area (Å²) in [5.74, 6) is -1.05. The summed E-state index contributed by atoms with van der Waals surface area (Å²) in [5, 5.41) is 42.8. The van der Waals surface area contributed by atoms with Crippen molar-refractivity contribution < 1.29 is 29.5 Å². The number of hydrogen-bond donors (Lipinski definition) is 3. The summed E-state index contributed by atoms with van der Waals surface area (Å²) in [6.45, 7) is 5.87. The van der Waals surface area contributed by atoms with Crippen molar-refractivity contribution >= 4 is 5.97 Å². The number of carbonyl (C=O) groups is 1. The summed E-state index contributed by atoms with van der Waals surface area (Å²) in [6, 6.07) is -0.451. The lowest BCUT2D eigenvalue weighted by Crippen LogP contribution is -2.51. The number of aliphatic hydroxyl groups is 3. The Kier molecular flexibility index (Phi) is 5.37. The van der Waals surface area contributed by atoms with Gasteiger partial charge in [-0.3, -0.25) is 0 Å². The van der Waals surface area contributed by atoms with E-state index in [1.807, 2.05) is 13.8 Å². The van der Waals surface area contributed by atoms with Crippen molar-refractivity contribution in [2.75, 3.05) is 19.7 Å². The van der Waals surface area contributed by atoms with Gasteiger partial charge in [-0.05, 0) is 19.3 Å². The molecule has 2 aliphatic rings. The molecule has 0 radical (unpaired) electrons. The minimum atomic E-state index is -1.94. The topological polar surface area (TPSA) is 110 Å². The third-order valence-corrected chi connectivity index (χ3v) is 5.29. The van der Waals surface area contributed by atoms with Crippen molar-refractivity contribution in [3.05, 3.63) is 5.21 Å². The lowest BCUT2D eigenvalue weighted by atomic mass is 9.88. The van der Waals surface area contributed by atoms with Gasteiger partial charge >= 0.3 is 5.97 Å². The second-order valence-corrected chi connectivity index (χ2v) is 7.59. The van der Waals surface area contributed by atoms with E-state index >= 15 is 0 Å². The molecule has 0 bridgehead atoms. The van der Waals surface area contributed by atoms with Crippen LogP contribution < -0.4 is 0 Å². The maximum atomic E-state index is 12.5. The van der Waals surface area contributed by atoms with Crippen LogP contribution in [0, 0.1) is 17.0 Å². The second kappa shape index (κ2) is 6.64. The summed E-state index contributed by atoms with van der Waals surface area (Å²) < 4.78 is 4.84. The largest absolute Gasteiger partial charge is 0.633 e. The van der Waals surface area contributed by atoms with E-state index in [1.165, 1.54) is 6.92 Å². The van der Waals surface area contributed by atoms with Crippen LogP contribution >= 0.6 is 0 Å². The average Bonchev–Trinajstić information content (AvgIpc) is 2.92. The second-order valence-electron chi connectivity index (χ2n) is 7.59. The van der Waals surface area contributed by atoms with Gasteiger partial charge in [-0.1, -0.05) is 13.8 Å². The van der Waals surface area contributed by atoms with Crippen LogP contribution in [0.1, 0.15) is 40.0 Å². The summed E-state index contributed by atoms with van der Waals surface area (Å²) in [5.41, 5.74) is -1.94. The summed E-state index contributed by atoms with van der Waals surface area (Å²) in [4.78, 5) is 12.3. The molecule has 0 aromatic heterocycles. The number of rotatable bonds is 6. The quantitative estimate of drug-likeness (QED) is 0.363. The Morgan fingerprint density at radius 2 is 1.96 bits per heavy atom. The fraction of sp³-hybridized carbons (Fsp3) is 0.938.